The molecule has 0 aromatic carbocycles. The van der Waals surface area contributed by atoms with Gasteiger partial charge in [-0.05, 0) is 27.7 Å². The third-order valence-electron chi connectivity index (χ3n) is 1.26. The van der Waals surface area contributed by atoms with E-state index in [-0.39, 0.29) is 0 Å². The number of ether oxygens (including phenoxy) is 3. The van der Waals surface area contributed by atoms with E-state index in [9.17, 15) is 4.79 Å². The van der Waals surface area contributed by atoms with Gasteiger partial charge in [0.25, 0.3) is 0 Å². The van der Waals surface area contributed by atoms with Gasteiger partial charge in [0, 0.05) is 19.3 Å². The summed E-state index contributed by atoms with van der Waals surface area (Å²) in [6.45, 7) is 12.5. The van der Waals surface area contributed by atoms with Crippen LogP contribution >= 0.6 is 0 Å². The highest BCUT2D eigenvalue weighted by Gasteiger charge is 2.08. The number of carbonyl (C=O) groups excluding carboxylic acids is 1. The number of rotatable bonds is 5. The van der Waals surface area contributed by atoms with Gasteiger partial charge in [0.1, 0.15) is 0 Å². The summed E-state index contributed by atoms with van der Waals surface area (Å²) in [5, 5.41) is 0. The lowest BCUT2D eigenvalue weighted by atomic mass is 10.4. The average molecular weight is 217 g/mol. The van der Waals surface area contributed by atoms with Gasteiger partial charge < -0.3 is 14.2 Å². The zero-order valence-corrected chi connectivity index (χ0v) is 10.2. The van der Waals surface area contributed by atoms with E-state index < -0.39 is 12.3 Å². The van der Waals surface area contributed by atoms with Crippen molar-refractivity contribution >= 4 is 5.97 Å². The molecule has 0 saturated heterocycles. The predicted octanol–water partition coefficient (Wildman–Crippen LogP) is 2.30. The maximum Gasteiger partial charge on any atom is 0.335 e. The Hall–Kier alpha value is -0.870. The van der Waals surface area contributed by atoms with Crippen molar-refractivity contribution < 1.29 is 19.0 Å². The van der Waals surface area contributed by atoms with E-state index >= 15 is 0 Å². The van der Waals surface area contributed by atoms with Crippen molar-refractivity contribution in [3.05, 3.63) is 18.8 Å². The Morgan fingerprint density at radius 2 is 2.00 bits per heavy atom. The molecule has 0 amide bonds. The summed E-state index contributed by atoms with van der Waals surface area (Å²) in [7, 11) is 1.62. The molecule has 89 valence electrons. The van der Waals surface area contributed by atoms with Crippen LogP contribution in [0.2, 0.25) is 0 Å². The SMILES string of the molecule is C=C(C)C(=O)OC(C)OCC.C[CH]OC. The van der Waals surface area contributed by atoms with Crippen LogP contribution < -0.4 is 0 Å². The van der Waals surface area contributed by atoms with Crippen LogP contribution in [0.4, 0.5) is 0 Å². The molecule has 0 rings (SSSR count). The number of esters is 1. The molecule has 4 heteroatoms. The summed E-state index contributed by atoms with van der Waals surface area (Å²) in [5.74, 6) is -0.411. The third-order valence-corrected chi connectivity index (χ3v) is 1.26. The molecule has 0 saturated carbocycles. The van der Waals surface area contributed by atoms with Crippen LogP contribution in [0.1, 0.15) is 27.7 Å². The maximum atomic E-state index is 10.8. The number of hydrogen-bond acceptors (Lipinski definition) is 4. The lowest BCUT2D eigenvalue weighted by molar-refractivity contribution is -0.168. The first-order valence-electron chi connectivity index (χ1n) is 4.78. The van der Waals surface area contributed by atoms with Gasteiger partial charge in [-0.1, -0.05) is 6.58 Å². The average Bonchev–Trinajstić information content (AvgIpc) is 2.18. The molecule has 0 aromatic heterocycles. The fourth-order valence-corrected chi connectivity index (χ4v) is 0.520. The van der Waals surface area contributed by atoms with E-state index in [2.05, 4.69) is 11.3 Å². The minimum atomic E-state index is -0.482. The smallest absolute Gasteiger partial charge is 0.335 e. The zero-order valence-electron chi connectivity index (χ0n) is 10.2. The fourth-order valence-electron chi connectivity index (χ4n) is 0.520. The first kappa shape index (κ1) is 16.6. The van der Waals surface area contributed by atoms with Crippen molar-refractivity contribution in [1.29, 1.82) is 0 Å². The monoisotopic (exact) mass is 217 g/mol. The van der Waals surface area contributed by atoms with E-state index in [0.717, 1.165) is 0 Å². The molecule has 0 spiro atoms. The molecule has 15 heavy (non-hydrogen) atoms. The Kier molecular flexibility index (Phi) is 12.4. The lowest BCUT2D eigenvalue weighted by Gasteiger charge is -2.11. The Balaban J connectivity index is 0. The summed E-state index contributed by atoms with van der Waals surface area (Å²) >= 11 is 0. The third kappa shape index (κ3) is 13.1. The summed E-state index contributed by atoms with van der Waals surface area (Å²) in [6.07, 6.45) is -0.482. The van der Waals surface area contributed by atoms with E-state index in [1.807, 2.05) is 13.8 Å². The van der Waals surface area contributed by atoms with E-state index in [1.165, 1.54) is 0 Å². The van der Waals surface area contributed by atoms with Gasteiger partial charge >= 0.3 is 5.97 Å². The Labute approximate surface area is 92.2 Å². The minimum absolute atomic E-state index is 0.386. The van der Waals surface area contributed by atoms with Crippen molar-refractivity contribution in [3.8, 4) is 0 Å². The molecule has 0 aromatic rings. The molecule has 4 nitrogen and oxygen atoms in total. The largest absolute Gasteiger partial charge is 0.433 e. The van der Waals surface area contributed by atoms with Gasteiger partial charge in [-0.25, -0.2) is 4.79 Å². The number of methoxy groups -OCH3 is 1. The molecule has 0 aliphatic heterocycles. The zero-order chi connectivity index (χ0) is 12.3. The lowest BCUT2D eigenvalue weighted by Crippen LogP contribution is -2.18. The molecule has 0 fully saturated rings. The van der Waals surface area contributed by atoms with Crippen LogP contribution in [0.15, 0.2) is 12.2 Å². The molecule has 0 bridgehead atoms. The number of carbonyl (C=O) groups is 1. The van der Waals surface area contributed by atoms with Crippen LogP contribution in [0, 0.1) is 6.61 Å². The van der Waals surface area contributed by atoms with Gasteiger partial charge in [0.15, 0.2) is 6.29 Å². The highest BCUT2D eigenvalue weighted by Crippen LogP contribution is 1.98. The molecule has 0 aliphatic carbocycles. The molecule has 1 unspecified atom stereocenters. The quantitative estimate of drug-likeness (QED) is 0.402. The first-order valence-corrected chi connectivity index (χ1v) is 4.78. The second kappa shape index (κ2) is 11.2. The van der Waals surface area contributed by atoms with Crippen LogP contribution in [0.5, 0.6) is 0 Å². The van der Waals surface area contributed by atoms with Gasteiger partial charge in [-0.15, -0.1) is 0 Å². The summed E-state index contributed by atoms with van der Waals surface area (Å²) in [4.78, 5) is 10.8. The van der Waals surface area contributed by atoms with Crippen molar-refractivity contribution in [2.24, 2.45) is 0 Å². The van der Waals surface area contributed by atoms with Gasteiger partial charge in [-0.2, -0.15) is 0 Å². The predicted molar refractivity (Wildman–Crippen MR) is 59.0 cm³/mol. The normalized spacial score (nSPS) is 11.0. The van der Waals surface area contributed by atoms with E-state index in [0.29, 0.717) is 12.2 Å². The minimum Gasteiger partial charge on any atom is -0.433 e. The first-order chi connectivity index (χ1) is 6.99. The second-order valence-corrected chi connectivity index (χ2v) is 2.68. The van der Waals surface area contributed by atoms with Crippen LogP contribution in [0.3, 0.4) is 0 Å². The Morgan fingerprint density at radius 3 is 2.27 bits per heavy atom. The summed E-state index contributed by atoms with van der Waals surface area (Å²) in [6, 6.07) is 0. The molecule has 1 radical (unpaired) electrons. The topological polar surface area (TPSA) is 44.8 Å². The second-order valence-electron chi connectivity index (χ2n) is 2.68. The van der Waals surface area contributed by atoms with E-state index in [1.54, 1.807) is 27.6 Å². The standard InChI is InChI=1S/C8H14O3.C3H7O/c1-5-10-7(4)11-8(9)6(2)3;1-3-4-2/h7H,2,5H2,1,3-4H3;3H,1-2H3. The number of hydrogen-bond donors (Lipinski definition) is 0. The molecule has 0 N–H and O–H groups in total. The summed E-state index contributed by atoms with van der Waals surface area (Å²) < 4.78 is 14.2. The van der Waals surface area contributed by atoms with Gasteiger partial charge in [-0.3, -0.25) is 0 Å². The van der Waals surface area contributed by atoms with Crippen LogP contribution in [-0.2, 0) is 19.0 Å². The highest BCUT2D eigenvalue weighted by atomic mass is 16.7. The van der Waals surface area contributed by atoms with Crippen molar-refractivity contribution in [1.82, 2.24) is 0 Å². The van der Waals surface area contributed by atoms with Crippen LogP contribution in [0.25, 0.3) is 0 Å². The molecule has 1 atom stereocenters. The maximum absolute atomic E-state index is 10.8. The molecule has 0 aliphatic rings. The fraction of sp³-hybridized carbons (Fsp3) is 0.636. The van der Waals surface area contributed by atoms with E-state index in [4.69, 9.17) is 9.47 Å². The van der Waals surface area contributed by atoms with Gasteiger partial charge in [0.2, 0.25) is 0 Å². The Bertz CT molecular complexity index is 175. The van der Waals surface area contributed by atoms with Crippen molar-refractivity contribution in [2.45, 2.75) is 34.0 Å². The Morgan fingerprint density at radius 1 is 1.53 bits per heavy atom. The molecular weight excluding hydrogens is 196 g/mol. The highest BCUT2D eigenvalue weighted by molar-refractivity contribution is 5.86. The molecule has 0 heterocycles. The summed E-state index contributed by atoms with van der Waals surface area (Å²) in [5.41, 5.74) is 0.386. The van der Waals surface area contributed by atoms with Crippen LogP contribution in [-0.4, -0.2) is 26.0 Å². The van der Waals surface area contributed by atoms with Gasteiger partial charge in [0.05, 0.1) is 6.61 Å². The van der Waals surface area contributed by atoms with Crippen molar-refractivity contribution in [2.75, 3.05) is 13.7 Å². The molecular formula is C11H21O4. The van der Waals surface area contributed by atoms with Crippen molar-refractivity contribution in [3.63, 3.8) is 0 Å².